The average molecular weight is 536 g/mol. The highest BCUT2D eigenvalue weighted by molar-refractivity contribution is 6.36. The van der Waals surface area contributed by atoms with E-state index >= 15 is 0 Å². The Morgan fingerprint density at radius 1 is 0.615 bits per heavy atom. The summed E-state index contributed by atoms with van der Waals surface area (Å²) in [6.07, 6.45) is -0.756. The summed E-state index contributed by atoms with van der Waals surface area (Å²) in [5.41, 5.74) is -0.141. The second kappa shape index (κ2) is 10.7. The lowest BCUT2D eigenvalue weighted by molar-refractivity contribution is -0.138. The summed E-state index contributed by atoms with van der Waals surface area (Å²) in [4.78, 5) is 96.7. The molecule has 2 aliphatic carbocycles. The third-order valence-electron chi connectivity index (χ3n) is 6.13. The van der Waals surface area contributed by atoms with Crippen molar-refractivity contribution in [1.29, 1.82) is 0 Å². The molecule has 13 nitrogen and oxygen atoms in total. The number of hydrogen-bond donors (Lipinski definition) is 4. The predicted octanol–water partition coefficient (Wildman–Crippen LogP) is 0.651. The second-order valence-corrected chi connectivity index (χ2v) is 8.71. The van der Waals surface area contributed by atoms with Gasteiger partial charge >= 0.3 is 11.9 Å². The third-order valence-corrected chi connectivity index (χ3v) is 6.13. The van der Waals surface area contributed by atoms with Gasteiger partial charge in [0, 0.05) is 35.3 Å². The lowest BCUT2D eigenvalue weighted by Crippen LogP contribution is -2.37. The molecule has 4 rings (SSSR count). The minimum Gasteiger partial charge on any atom is -0.481 e. The molecule has 13 heteroatoms. The number of rotatable bonds is 10. The Hall–Kier alpha value is -5.20. The fraction of sp³-hybridized carbons (Fsp3) is 0.231. The van der Waals surface area contributed by atoms with E-state index in [0.717, 1.165) is 0 Å². The normalized spacial score (nSPS) is 17.4. The molecule has 0 aliphatic heterocycles. The number of carbonyl (C=O) groups excluding carboxylic acids is 6. The number of fused-ring (bicyclic) bond motifs is 2. The third kappa shape index (κ3) is 5.28. The lowest BCUT2D eigenvalue weighted by Gasteiger charge is -2.08. The standard InChI is InChI=1S/C26H20N2O11/c29-17(30)5-7-27-25(37)19-21(33)13-3-1-11(9-15(13)23(19)35)39-12-2-4-14-16(10-12)24(36)20(22(14)34)26(38)28-8-6-18(31)32/h1-4,9-10,19-20H,5-8H2,(H,27,37)(H,28,38)(H,29,30)(H,31,32). The first-order valence-electron chi connectivity index (χ1n) is 11.6. The number of carboxylic acids is 2. The Morgan fingerprint density at radius 3 is 1.33 bits per heavy atom. The highest BCUT2D eigenvalue weighted by atomic mass is 16.5. The number of aliphatic carboxylic acids is 2. The SMILES string of the molecule is O=C(O)CCNC(=O)C1C(=O)c2ccc(Oc3ccc4c(c3)C(=O)C(C(=O)NCCC(=O)O)C4=O)cc2C1=O. The van der Waals surface area contributed by atoms with Crippen LogP contribution >= 0.6 is 0 Å². The molecule has 0 fully saturated rings. The molecule has 2 aromatic carbocycles. The predicted molar refractivity (Wildman–Crippen MR) is 128 cm³/mol. The van der Waals surface area contributed by atoms with E-state index in [0.29, 0.717) is 0 Å². The Balaban J connectivity index is 1.48. The van der Waals surface area contributed by atoms with Crippen LogP contribution in [-0.4, -0.2) is 70.2 Å². The number of nitrogens with one attached hydrogen (secondary N) is 2. The summed E-state index contributed by atoms with van der Waals surface area (Å²) in [7, 11) is 0. The molecule has 0 radical (unpaired) electrons. The highest BCUT2D eigenvalue weighted by Crippen LogP contribution is 2.35. The van der Waals surface area contributed by atoms with E-state index in [2.05, 4.69) is 10.6 Å². The van der Waals surface area contributed by atoms with Gasteiger partial charge in [0.1, 0.15) is 11.5 Å². The Morgan fingerprint density at radius 2 is 0.974 bits per heavy atom. The van der Waals surface area contributed by atoms with E-state index in [1.54, 1.807) is 0 Å². The molecule has 200 valence electrons. The molecule has 0 saturated carbocycles. The molecule has 0 saturated heterocycles. The van der Waals surface area contributed by atoms with Crippen LogP contribution in [0, 0.1) is 11.8 Å². The van der Waals surface area contributed by atoms with Crippen LogP contribution in [0.2, 0.25) is 0 Å². The van der Waals surface area contributed by atoms with Gasteiger partial charge in [-0.2, -0.15) is 0 Å². The van der Waals surface area contributed by atoms with Crippen molar-refractivity contribution in [3.05, 3.63) is 58.7 Å². The molecule has 0 bridgehead atoms. The van der Waals surface area contributed by atoms with Crippen molar-refractivity contribution in [2.45, 2.75) is 12.8 Å². The zero-order valence-corrected chi connectivity index (χ0v) is 20.0. The molecule has 2 aliphatic rings. The number of carboxylic acid groups (broad SMARTS) is 2. The van der Waals surface area contributed by atoms with Gasteiger partial charge in [0.15, 0.2) is 35.0 Å². The first-order valence-corrected chi connectivity index (χ1v) is 11.6. The summed E-state index contributed by atoms with van der Waals surface area (Å²) < 4.78 is 5.71. The van der Waals surface area contributed by atoms with Crippen LogP contribution in [0.4, 0.5) is 0 Å². The van der Waals surface area contributed by atoms with E-state index < -0.39 is 58.7 Å². The Labute approximate surface area is 219 Å². The average Bonchev–Trinajstić information content (AvgIpc) is 3.27. The number of hydrogen-bond acceptors (Lipinski definition) is 9. The molecule has 4 N–H and O–H groups in total. The number of carbonyl (C=O) groups is 8. The Kier molecular flexibility index (Phi) is 7.33. The summed E-state index contributed by atoms with van der Waals surface area (Å²) in [6.45, 7) is -0.499. The first kappa shape index (κ1) is 26.9. The molecular weight excluding hydrogens is 516 g/mol. The largest absolute Gasteiger partial charge is 0.481 e. The van der Waals surface area contributed by atoms with Gasteiger partial charge in [0.2, 0.25) is 11.8 Å². The van der Waals surface area contributed by atoms with Crippen LogP contribution < -0.4 is 15.4 Å². The smallest absolute Gasteiger partial charge is 0.305 e. The van der Waals surface area contributed by atoms with Gasteiger partial charge in [-0.15, -0.1) is 0 Å². The van der Waals surface area contributed by atoms with Crippen LogP contribution in [0.15, 0.2) is 36.4 Å². The van der Waals surface area contributed by atoms with Gasteiger partial charge in [0.05, 0.1) is 12.8 Å². The van der Waals surface area contributed by atoms with Gasteiger partial charge in [-0.3, -0.25) is 38.4 Å². The van der Waals surface area contributed by atoms with Crippen LogP contribution in [-0.2, 0) is 19.2 Å². The second-order valence-electron chi connectivity index (χ2n) is 8.71. The summed E-state index contributed by atoms with van der Waals surface area (Å²) in [5, 5.41) is 21.9. The van der Waals surface area contributed by atoms with Gasteiger partial charge in [-0.05, 0) is 36.4 Å². The maximum Gasteiger partial charge on any atom is 0.305 e. The van der Waals surface area contributed by atoms with Gasteiger partial charge in [-0.25, -0.2) is 0 Å². The molecule has 39 heavy (non-hydrogen) atoms. The van der Waals surface area contributed by atoms with E-state index in [1.165, 1.54) is 36.4 Å². The van der Waals surface area contributed by atoms with Crippen molar-refractivity contribution >= 4 is 46.9 Å². The fourth-order valence-corrected chi connectivity index (χ4v) is 4.27. The van der Waals surface area contributed by atoms with Gasteiger partial charge in [-0.1, -0.05) is 0 Å². The molecule has 0 aromatic heterocycles. The van der Waals surface area contributed by atoms with Crippen molar-refractivity contribution in [2.24, 2.45) is 11.8 Å². The van der Waals surface area contributed by atoms with Crippen molar-refractivity contribution < 1.29 is 53.3 Å². The van der Waals surface area contributed by atoms with Crippen LogP contribution in [0.5, 0.6) is 11.5 Å². The molecule has 0 spiro atoms. The number of benzene rings is 2. The van der Waals surface area contributed by atoms with Crippen molar-refractivity contribution in [2.75, 3.05) is 13.1 Å². The quantitative estimate of drug-likeness (QED) is 0.310. The molecule has 0 heterocycles. The van der Waals surface area contributed by atoms with E-state index in [9.17, 15) is 38.4 Å². The zero-order valence-electron chi connectivity index (χ0n) is 20.0. The number of amides is 2. The molecule has 2 aromatic rings. The van der Waals surface area contributed by atoms with Crippen LogP contribution in [0.25, 0.3) is 0 Å². The summed E-state index contributed by atoms with van der Waals surface area (Å²) >= 11 is 0. The van der Waals surface area contributed by atoms with Crippen molar-refractivity contribution in [3.8, 4) is 11.5 Å². The molecule has 2 atom stereocenters. The monoisotopic (exact) mass is 536 g/mol. The number of ketones is 4. The number of ether oxygens (including phenoxy) is 1. The van der Waals surface area contributed by atoms with Crippen LogP contribution in [0.1, 0.15) is 54.3 Å². The maximum atomic E-state index is 12.8. The minimum atomic E-state index is -1.65. The zero-order chi connectivity index (χ0) is 28.4. The fourth-order valence-electron chi connectivity index (χ4n) is 4.27. The van der Waals surface area contributed by atoms with E-state index in [4.69, 9.17) is 14.9 Å². The van der Waals surface area contributed by atoms with Crippen LogP contribution in [0.3, 0.4) is 0 Å². The summed E-state index contributed by atoms with van der Waals surface area (Å²) in [5.74, 6) is -10.3. The van der Waals surface area contributed by atoms with Crippen molar-refractivity contribution in [1.82, 2.24) is 10.6 Å². The molecular formula is C26H20N2O11. The number of Topliss-reactive ketones (excluding diaryl/α,β-unsaturated/α-hetero) is 4. The lowest BCUT2D eigenvalue weighted by atomic mass is 10.0. The van der Waals surface area contributed by atoms with Crippen molar-refractivity contribution in [3.63, 3.8) is 0 Å². The van der Waals surface area contributed by atoms with Gasteiger partial charge in [0.25, 0.3) is 0 Å². The highest BCUT2D eigenvalue weighted by Gasteiger charge is 2.44. The molecule has 2 amide bonds. The minimum absolute atomic E-state index is 0.00258. The van der Waals surface area contributed by atoms with E-state index in [-0.39, 0.29) is 59.7 Å². The Bertz CT molecular complexity index is 1370. The maximum absolute atomic E-state index is 12.8. The molecule has 2 unspecified atom stereocenters. The topological polar surface area (TPSA) is 210 Å². The van der Waals surface area contributed by atoms with E-state index in [1.807, 2.05) is 0 Å². The van der Waals surface area contributed by atoms with Gasteiger partial charge < -0.3 is 25.6 Å². The first-order chi connectivity index (χ1) is 18.5. The summed E-state index contributed by atoms with van der Waals surface area (Å²) in [6, 6.07) is 7.84.